The zero-order chi connectivity index (χ0) is 17.9. The van der Waals surface area contributed by atoms with Crippen LogP contribution in [0.1, 0.15) is 56.1 Å². The van der Waals surface area contributed by atoms with Crippen LogP contribution in [-0.4, -0.2) is 29.7 Å². The highest BCUT2D eigenvalue weighted by molar-refractivity contribution is 5.29. The third kappa shape index (κ3) is 4.07. The summed E-state index contributed by atoms with van der Waals surface area (Å²) in [6, 6.07) is 9.21. The lowest BCUT2D eigenvalue weighted by molar-refractivity contribution is 0.100. The zero-order valence-electron chi connectivity index (χ0n) is 15.7. The van der Waals surface area contributed by atoms with Crippen molar-refractivity contribution in [1.82, 2.24) is 4.90 Å². The zero-order valence-corrected chi connectivity index (χ0v) is 15.7. The topological polar surface area (TPSA) is 23.5 Å². The van der Waals surface area contributed by atoms with Crippen molar-refractivity contribution in [3.05, 3.63) is 60.2 Å². The molecular weight excluding hydrogens is 306 g/mol. The van der Waals surface area contributed by atoms with E-state index in [1.807, 2.05) is 6.08 Å². The molecule has 2 aliphatic rings. The van der Waals surface area contributed by atoms with Crippen molar-refractivity contribution in [1.29, 1.82) is 0 Å². The van der Waals surface area contributed by atoms with Crippen molar-refractivity contribution < 1.29 is 5.11 Å². The molecular formula is C23H33NO. The molecule has 0 radical (unpaired) electrons. The van der Waals surface area contributed by atoms with Crippen LogP contribution in [0.2, 0.25) is 0 Å². The number of nitrogens with zero attached hydrogens (tertiary/aromatic N) is 1. The van der Waals surface area contributed by atoms with E-state index in [0.29, 0.717) is 11.8 Å². The molecule has 0 amide bonds. The molecule has 3 rings (SSSR count). The van der Waals surface area contributed by atoms with Crippen LogP contribution in [-0.2, 0) is 6.54 Å². The summed E-state index contributed by atoms with van der Waals surface area (Å²) in [5.41, 5.74) is 3.93. The summed E-state index contributed by atoms with van der Waals surface area (Å²) < 4.78 is 0. The molecule has 25 heavy (non-hydrogen) atoms. The Hall–Kier alpha value is -1.38. The summed E-state index contributed by atoms with van der Waals surface area (Å²) in [6.45, 7) is 14.1. The van der Waals surface area contributed by atoms with E-state index in [1.165, 1.54) is 42.6 Å². The predicted molar refractivity (Wildman–Crippen MR) is 106 cm³/mol. The molecule has 1 saturated carbocycles. The van der Waals surface area contributed by atoms with Gasteiger partial charge in [0.2, 0.25) is 0 Å². The molecule has 1 aliphatic heterocycles. The van der Waals surface area contributed by atoms with E-state index in [2.05, 4.69) is 49.2 Å². The second kappa shape index (κ2) is 7.88. The third-order valence-electron chi connectivity index (χ3n) is 6.46. The first-order valence-electron chi connectivity index (χ1n) is 9.78. The molecule has 2 heteroatoms. The van der Waals surface area contributed by atoms with Gasteiger partial charge in [-0.2, -0.15) is 0 Å². The van der Waals surface area contributed by atoms with Crippen LogP contribution in [0.25, 0.3) is 0 Å². The van der Waals surface area contributed by atoms with Crippen molar-refractivity contribution in [2.75, 3.05) is 19.7 Å². The van der Waals surface area contributed by atoms with Gasteiger partial charge in [0.25, 0.3) is 0 Å². The highest BCUT2D eigenvalue weighted by Crippen LogP contribution is 2.49. The number of rotatable bonds is 6. The standard InChI is InChI=1S/C23H33NO/c1-4-23(17-25)12-11-21(18(2)3)22(15-23)20-9-7-19(8-10-20)16-24-13-5-6-14-24/h4,7-10,21-22,25H,1-2,5-6,11-17H2,3H3/t21-,22-,23-/m0/s1. The molecule has 1 aromatic rings. The maximum absolute atomic E-state index is 9.94. The van der Waals surface area contributed by atoms with Gasteiger partial charge in [0.15, 0.2) is 0 Å². The fourth-order valence-corrected chi connectivity index (χ4v) is 4.73. The minimum absolute atomic E-state index is 0.134. The van der Waals surface area contributed by atoms with E-state index in [-0.39, 0.29) is 12.0 Å². The van der Waals surface area contributed by atoms with Crippen LogP contribution in [0.4, 0.5) is 0 Å². The summed E-state index contributed by atoms with van der Waals surface area (Å²) in [6.07, 6.45) is 7.72. The Kier molecular flexibility index (Phi) is 5.81. The van der Waals surface area contributed by atoms with Crippen molar-refractivity contribution in [2.45, 2.75) is 51.5 Å². The van der Waals surface area contributed by atoms with E-state index in [1.54, 1.807) is 0 Å². The Morgan fingerprint density at radius 1 is 1.28 bits per heavy atom. The van der Waals surface area contributed by atoms with Crippen molar-refractivity contribution in [3.8, 4) is 0 Å². The maximum atomic E-state index is 9.94. The van der Waals surface area contributed by atoms with Gasteiger partial charge in [0, 0.05) is 12.0 Å². The normalized spacial score (nSPS) is 30.3. The number of allylic oxidation sites excluding steroid dienone is 1. The average molecular weight is 340 g/mol. The highest BCUT2D eigenvalue weighted by atomic mass is 16.3. The summed E-state index contributed by atoms with van der Waals surface area (Å²) in [7, 11) is 0. The molecule has 1 saturated heterocycles. The van der Waals surface area contributed by atoms with Gasteiger partial charge in [-0.3, -0.25) is 4.90 Å². The van der Waals surface area contributed by atoms with Gasteiger partial charge in [-0.15, -0.1) is 6.58 Å². The lowest BCUT2D eigenvalue weighted by Crippen LogP contribution is -2.34. The van der Waals surface area contributed by atoms with Gasteiger partial charge in [-0.1, -0.05) is 42.5 Å². The smallest absolute Gasteiger partial charge is 0.0522 e. The number of likely N-dealkylation sites (tertiary alicyclic amines) is 1. The van der Waals surface area contributed by atoms with Crippen LogP contribution in [0, 0.1) is 11.3 Å². The minimum Gasteiger partial charge on any atom is -0.395 e. The molecule has 2 nitrogen and oxygen atoms in total. The first-order valence-corrected chi connectivity index (χ1v) is 9.78. The summed E-state index contributed by atoms with van der Waals surface area (Å²) in [5.74, 6) is 0.932. The number of hydrogen-bond donors (Lipinski definition) is 1. The Morgan fingerprint density at radius 2 is 1.96 bits per heavy atom. The van der Waals surface area contributed by atoms with Gasteiger partial charge in [0.1, 0.15) is 0 Å². The number of hydrogen-bond acceptors (Lipinski definition) is 2. The Labute approximate surface area is 153 Å². The van der Waals surface area contributed by atoms with E-state index >= 15 is 0 Å². The van der Waals surface area contributed by atoms with Gasteiger partial charge >= 0.3 is 0 Å². The molecule has 1 aromatic carbocycles. The van der Waals surface area contributed by atoms with Gasteiger partial charge in [0.05, 0.1) is 6.61 Å². The van der Waals surface area contributed by atoms with E-state index in [0.717, 1.165) is 25.8 Å². The van der Waals surface area contributed by atoms with Crippen LogP contribution < -0.4 is 0 Å². The number of aliphatic hydroxyl groups excluding tert-OH is 1. The van der Waals surface area contributed by atoms with Crippen LogP contribution in [0.15, 0.2) is 49.1 Å². The fourth-order valence-electron chi connectivity index (χ4n) is 4.73. The average Bonchev–Trinajstić information content (AvgIpc) is 3.14. The molecule has 0 unspecified atom stereocenters. The Balaban J connectivity index is 1.78. The Morgan fingerprint density at radius 3 is 2.52 bits per heavy atom. The predicted octanol–water partition coefficient (Wildman–Crippen LogP) is 4.91. The maximum Gasteiger partial charge on any atom is 0.0522 e. The van der Waals surface area contributed by atoms with Crippen molar-refractivity contribution in [2.24, 2.45) is 11.3 Å². The van der Waals surface area contributed by atoms with Gasteiger partial charge in [-0.05, 0) is 75.1 Å². The molecule has 1 heterocycles. The molecule has 0 aromatic heterocycles. The van der Waals surface area contributed by atoms with Crippen molar-refractivity contribution in [3.63, 3.8) is 0 Å². The molecule has 2 fully saturated rings. The first-order chi connectivity index (χ1) is 12.1. The van der Waals surface area contributed by atoms with E-state index in [9.17, 15) is 5.11 Å². The second-order valence-corrected chi connectivity index (χ2v) is 8.25. The van der Waals surface area contributed by atoms with E-state index < -0.39 is 0 Å². The summed E-state index contributed by atoms with van der Waals surface area (Å²) in [5, 5.41) is 9.94. The van der Waals surface area contributed by atoms with E-state index in [4.69, 9.17) is 0 Å². The van der Waals surface area contributed by atoms with Crippen LogP contribution in [0.5, 0.6) is 0 Å². The minimum atomic E-state index is -0.134. The van der Waals surface area contributed by atoms with Crippen LogP contribution in [0.3, 0.4) is 0 Å². The molecule has 1 aliphatic carbocycles. The first kappa shape index (κ1) is 18.4. The fraction of sp³-hybridized carbons (Fsp3) is 0.565. The molecule has 1 N–H and O–H groups in total. The quantitative estimate of drug-likeness (QED) is 0.745. The third-order valence-corrected chi connectivity index (χ3v) is 6.46. The second-order valence-electron chi connectivity index (χ2n) is 8.25. The van der Waals surface area contributed by atoms with Crippen LogP contribution >= 0.6 is 0 Å². The molecule has 136 valence electrons. The largest absolute Gasteiger partial charge is 0.395 e. The molecule has 0 spiro atoms. The molecule has 0 bridgehead atoms. The highest BCUT2D eigenvalue weighted by Gasteiger charge is 2.39. The lowest BCUT2D eigenvalue weighted by atomic mass is 9.62. The van der Waals surface area contributed by atoms with Gasteiger partial charge < -0.3 is 5.11 Å². The van der Waals surface area contributed by atoms with Gasteiger partial charge in [-0.25, -0.2) is 0 Å². The molecule has 3 atom stereocenters. The number of aliphatic hydroxyl groups is 1. The van der Waals surface area contributed by atoms with Crippen molar-refractivity contribution >= 4 is 0 Å². The SMILES string of the molecule is C=C[C@]1(CO)CC[C@@H](C(=C)C)[C@H](c2ccc(CN3CCCC3)cc2)C1. The number of benzene rings is 1. The summed E-state index contributed by atoms with van der Waals surface area (Å²) >= 11 is 0. The monoisotopic (exact) mass is 339 g/mol. The lowest BCUT2D eigenvalue weighted by Gasteiger charge is -2.43. The Bertz CT molecular complexity index is 599. The summed E-state index contributed by atoms with van der Waals surface area (Å²) in [4.78, 5) is 2.54.